The molecule has 0 bridgehead atoms. The molecule has 0 spiro atoms. The van der Waals surface area contributed by atoms with Crippen LogP contribution in [0.15, 0.2) is 48.5 Å². The van der Waals surface area contributed by atoms with E-state index >= 15 is 0 Å². The van der Waals surface area contributed by atoms with Crippen molar-refractivity contribution in [3.63, 3.8) is 0 Å². The summed E-state index contributed by atoms with van der Waals surface area (Å²) in [5, 5.41) is 0.670. The molecule has 2 aromatic rings. The van der Waals surface area contributed by atoms with Gasteiger partial charge in [0.2, 0.25) is 0 Å². The van der Waals surface area contributed by atoms with Crippen LogP contribution in [0.25, 0.3) is 0 Å². The van der Waals surface area contributed by atoms with E-state index in [4.69, 9.17) is 16.3 Å². The summed E-state index contributed by atoms with van der Waals surface area (Å²) in [5.41, 5.74) is 1.50. The minimum absolute atomic E-state index is 0.233. The second-order valence-electron chi connectivity index (χ2n) is 4.07. The molecule has 0 aliphatic carbocycles. The van der Waals surface area contributed by atoms with Crippen LogP contribution >= 0.6 is 34.2 Å². The molecule has 0 aromatic heterocycles. The Labute approximate surface area is 130 Å². The molecule has 2 rings (SSSR count). The van der Waals surface area contributed by atoms with Crippen molar-refractivity contribution in [2.75, 3.05) is 4.43 Å². The van der Waals surface area contributed by atoms with Gasteiger partial charge in [-0.15, -0.1) is 0 Å². The molecule has 4 heteroatoms. The Morgan fingerprint density at radius 3 is 2.47 bits per heavy atom. The van der Waals surface area contributed by atoms with Crippen molar-refractivity contribution >= 4 is 34.2 Å². The lowest BCUT2D eigenvalue weighted by atomic mass is 10.1. The molecule has 0 amide bonds. The SMILES string of the molecule is Fc1ccccc1C(CI)OCc1ccccc1Cl. The van der Waals surface area contributed by atoms with Gasteiger partial charge < -0.3 is 4.74 Å². The first-order chi connectivity index (χ1) is 9.22. The predicted octanol–water partition coefficient (Wildman–Crippen LogP) is 5.17. The van der Waals surface area contributed by atoms with Gasteiger partial charge in [0.1, 0.15) is 5.82 Å². The summed E-state index contributed by atoms with van der Waals surface area (Å²) in [5.74, 6) is -0.233. The molecule has 0 aliphatic rings. The molecule has 0 saturated carbocycles. The normalized spacial score (nSPS) is 12.4. The summed E-state index contributed by atoms with van der Waals surface area (Å²) in [4.78, 5) is 0. The van der Waals surface area contributed by atoms with E-state index in [9.17, 15) is 4.39 Å². The zero-order valence-electron chi connectivity index (χ0n) is 10.2. The molecule has 1 atom stereocenters. The third-order valence-corrected chi connectivity index (χ3v) is 3.96. The lowest BCUT2D eigenvalue weighted by Crippen LogP contribution is -2.08. The average molecular weight is 391 g/mol. The summed E-state index contributed by atoms with van der Waals surface area (Å²) in [6, 6.07) is 14.2. The molecule has 0 saturated heterocycles. The highest BCUT2D eigenvalue weighted by molar-refractivity contribution is 14.1. The van der Waals surface area contributed by atoms with Crippen LogP contribution in [0.2, 0.25) is 5.02 Å². The van der Waals surface area contributed by atoms with Gasteiger partial charge in [0.15, 0.2) is 0 Å². The van der Waals surface area contributed by atoms with Crippen LogP contribution in [-0.4, -0.2) is 4.43 Å². The van der Waals surface area contributed by atoms with Crippen LogP contribution in [0.4, 0.5) is 4.39 Å². The molecule has 0 radical (unpaired) electrons. The zero-order valence-corrected chi connectivity index (χ0v) is 13.1. The zero-order chi connectivity index (χ0) is 13.7. The van der Waals surface area contributed by atoms with E-state index in [0.717, 1.165) is 5.56 Å². The van der Waals surface area contributed by atoms with Gasteiger partial charge in [-0.05, 0) is 17.7 Å². The third-order valence-electron chi connectivity index (χ3n) is 2.79. The average Bonchev–Trinajstić information content (AvgIpc) is 2.43. The van der Waals surface area contributed by atoms with Crippen LogP contribution in [-0.2, 0) is 11.3 Å². The number of rotatable bonds is 5. The number of alkyl halides is 1. The van der Waals surface area contributed by atoms with Gasteiger partial charge in [-0.2, -0.15) is 0 Å². The highest BCUT2D eigenvalue weighted by atomic mass is 127. The molecule has 100 valence electrons. The minimum Gasteiger partial charge on any atom is -0.368 e. The third kappa shape index (κ3) is 3.91. The largest absolute Gasteiger partial charge is 0.368 e. The van der Waals surface area contributed by atoms with Crippen LogP contribution in [0, 0.1) is 5.82 Å². The fraction of sp³-hybridized carbons (Fsp3) is 0.200. The maximum atomic E-state index is 13.7. The molecule has 0 aliphatic heterocycles. The summed E-state index contributed by atoms with van der Waals surface area (Å²) < 4.78 is 20.2. The highest BCUT2D eigenvalue weighted by Gasteiger charge is 2.15. The van der Waals surface area contributed by atoms with Crippen LogP contribution in [0.3, 0.4) is 0 Å². The van der Waals surface area contributed by atoms with E-state index in [-0.39, 0.29) is 11.9 Å². The molecule has 2 aromatic carbocycles. The van der Waals surface area contributed by atoms with Gasteiger partial charge in [0.25, 0.3) is 0 Å². The molecular formula is C15H13ClFIO. The number of ether oxygens (including phenoxy) is 1. The van der Waals surface area contributed by atoms with Gasteiger partial charge in [0, 0.05) is 15.0 Å². The highest BCUT2D eigenvalue weighted by Crippen LogP contribution is 2.25. The first-order valence-corrected chi connectivity index (χ1v) is 7.78. The molecular weight excluding hydrogens is 378 g/mol. The van der Waals surface area contributed by atoms with E-state index in [1.807, 2.05) is 30.3 Å². The monoisotopic (exact) mass is 390 g/mol. The first-order valence-electron chi connectivity index (χ1n) is 5.87. The van der Waals surface area contributed by atoms with Gasteiger partial charge in [-0.25, -0.2) is 4.39 Å². The van der Waals surface area contributed by atoms with Gasteiger partial charge in [0.05, 0.1) is 12.7 Å². The Morgan fingerprint density at radius 2 is 1.79 bits per heavy atom. The van der Waals surface area contributed by atoms with Gasteiger partial charge in [-0.3, -0.25) is 0 Å². The Balaban J connectivity index is 2.09. The van der Waals surface area contributed by atoms with E-state index in [1.54, 1.807) is 12.1 Å². The minimum atomic E-state index is -0.266. The maximum absolute atomic E-state index is 13.7. The molecule has 0 heterocycles. The summed E-state index contributed by atoms with van der Waals surface area (Å²) in [7, 11) is 0. The van der Waals surface area contributed by atoms with Crippen molar-refractivity contribution in [3.8, 4) is 0 Å². The van der Waals surface area contributed by atoms with E-state index in [0.29, 0.717) is 21.6 Å². The van der Waals surface area contributed by atoms with E-state index in [2.05, 4.69) is 22.6 Å². The van der Waals surface area contributed by atoms with Gasteiger partial charge in [-0.1, -0.05) is 70.6 Å². The molecule has 1 unspecified atom stereocenters. The van der Waals surface area contributed by atoms with Crippen LogP contribution < -0.4 is 0 Å². The quantitative estimate of drug-likeness (QED) is 0.505. The second-order valence-corrected chi connectivity index (χ2v) is 5.35. The molecule has 19 heavy (non-hydrogen) atoms. The Kier molecular flexibility index (Phi) is 5.60. The van der Waals surface area contributed by atoms with Crippen molar-refractivity contribution in [1.29, 1.82) is 0 Å². The van der Waals surface area contributed by atoms with Crippen molar-refractivity contribution in [1.82, 2.24) is 0 Å². The van der Waals surface area contributed by atoms with Crippen LogP contribution in [0.5, 0.6) is 0 Å². The smallest absolute Gasteiger partial charge is 0.129 e. The van der Waals surface area contributed by atoms with E-state index in [1.165, 1.54) is 6.07 Å². The number of hydrogen-bond donors (Lipinski definition) is 0. The number of halogens is 3. The maximum Gasteiger partial charge on any atom is 0.129 e. The van der Waals surface area contributed by atoms with Crippen molar-refractivity contribution in [3.05, 3.63) is 70.5 Å². The fourth-order valence-electron chi connectivity index (χ4n) is 1.76. The van der Waals surface area contributed by atoms with E-state index < -0.39 is 0 Å². The lowest BCUT2D eigenvalue weighted by molar-refractivity contribution is 0.0554. The summed E-state index contributed by atoms with van der Waals surface area (Å²) in [6.07, 6.45) is -0.266. The standard InChI is InChI=1S/C15H13ClFIO/c16-13-7-3-1-5-11(13)10-19-15(9-18)12-6-2-4-8-14(12)17/h1-8,15H,9-10H2. The fourth-order valence-corrected chi connectivity index (χ4v) is 2.68. The van der Waals surface area contributed by atoms with Crippen molar-refractivity contribution < 1.29 is 9.13 Å². The first kappa shape index (κ1) is 14.8. The molecule has 0 N–H and O–H groups in total. The predicted molar refractivity (Wildman–Crippen MR) is 84.3 cm³/mol. The Hall–Kier alpha value is -0.650. The van der Waals surface area contributed by atoms with Crippen LogP contribution in [0.1, 0.15) is 17.2 Å². The molecule has 1 nitrogen and oxygen atoms in total. The lowest BCUT2D eigenvalue weighted by Gasteiger charge is -2.17. The van der Waals surface area contributed by atoms with Crippen molar-refractivity contribution in [2.45, 2.75) is 12.7 Å². The van der Waals surface area contributed by atoms with Crippen molar-refractivity contribution in [2.24, 2.45) is 0 Å². The Bertz CT molecular complexity index is 547. The topological polar surface area (TPSA) is 9.23 Å². The summed E-state index contributed by atoms with van der Waals surface area (Å²) >= 11 is 8.27. The van der Waals surface area contributed by atoms with Gasteiger partial charge >= 0.3 is 0 Å². The Morgan fingerprint density at radius 1 is 1.11 bits per heavy atom. The number of benzene rings is 2. The molecule has 0 fully saturated rings. The number of hydrogen-bond acceptors (Lipinski definition) is 1. The summed E-state index contributed by atoms with van der Waals surface area (Å²) in [6.45, 7) is 0.377. The second kappa shape index (κ2) is 7.22.